The molecule has 0 bridgehead atoms. The molecule has 3 heterocycles. The molecule has 53 heavy (non-hydrogen) atoms. The van der Waals surface area contributed by atoms with Crippen molar-refractivity contribution in [1.29, 1.82) is 0 Å². The Hall–Kier alpha value is -5.65. The van der Waals surface area contributed by atoms with Crippen LogP contribution in [-0.2, 0) is 20.8 Å². The number of rotatable bonds is 5. The first-order chi connectivity index (χ1) is 24.6. The molecule has 12 nitrogen and oxygen atoms in total. The standard InChI is InChI=1S/C38H42F3N5O7/c1-23-20-29(32(48)45-19-13-17-28(45)25-14-10-9-11-15-25)44(30(47)21-23)18-12-16-26-27(43-33(49)38(39,40)41)22-24(2)31(42-26)46(34(50)52-36(3,4)5)35(51)53-37(6,7)8/h9-11,14-15,20-22,28H,13,17-19H2,1-8H3,(H,43,49). The second kappa shape index (κ2) is 15.5. The van der Waals surface area contributed by atoms with E-state index in [9.17, 15) is 37.1 Å². The van der Waals surface area contributed by atoms with Crippen LogP contribution >= 0.6 is 0 Å². The number of carbonyl (C=O) groups is 4. The largest absolute Gasteiger partial charge is 0.471 e. The number of hydrogen-bond donors (Lipinski definition) is 1. The van der Waals surface area contributed by atoms with Crippen LogP contribution in [0, 0.1) is 25.7 Å². The van der Waals surface area contributed by atoms with Crippen LogP contribution in [0.3, 0.4) is 0 Å². The fourth-order valence-corrected chi connectivity index (χ4v) is 5.52. The quantitative estimate of drug-likeness (QED) is 0.275. The van der Waals surface area contributed by atoms with E-state index in [0.29, 0.717) is 17.0 Å². The first-order valence-corrected chi connectivity index (χ1v) is 16.8. The van der Waals surface area contributed by atoms with E-state index in [2.05, 4.69) is 16.8 Å². The minimum absolute atomic E-state index is 0.0223. The number of imide groups is 1. The number of amides is 4. The van der Waals surface area contributed by atoms with Crippen molar-refractivity contribution in [3.05, 3.63) is 87.0 Å². The van der Waals surface area contributed by atoms with Crippen LogP contribution < -0.4 is 15.8 Å². The molecular formula is C38H42F3N5O7. The number of likely N-dealkylation sites (tertiary alicyclic amines) is 1. The van der Waals surface area contributed by atoms with Gasteiger partial charge in [0.05, 0.1) is 18.3 Å². The smallest absolute Gasteiger partial charge is 0.443 e. The van der Waals surface area contributed by atoms with Crippen LogP contribution in [-0.4, -0.2) is 62.4 Å². The highest BCUT2D eigenvalue weighted by molar-refractivity contribution is 6.09. The summed E-state index contributed by atoms with van der Waals surface area (Å²) in [5, 5.41) is 1.74. The Kier molecular flexibility index (Phi) is 11.8. The molecule has 0 aliphatic carbocycles. The molecule has 0 spiro atoms. The number of nitrogens with one attached hydrogen (secondary N) is 1. The Labute approximate surface area is 305 Å². The number of aromatic nitrogens is 2. The fourth-order valence-electron chi connectivity index (χ4n) is 5.52. The second-order valence-electron chi connectivity index (χ2n) is 14.5. The highest BCUT2D eigenvalue weighted by atomic mass is 19.4. The van der Waals surface area contributed by atoms with Crippen LogP contribution in [0.4, 0.5) is 34.3 Å². The van der Waals surface area contributed by atoms with E-state index in [1.807, 2.05) is 30.3 Å². The van der Waals surface area contributed by atoms with Gasteiger partial charge in [0.15, 0.2) is 5.82 Å². The second-order valence-corrected chi connectivity index (χ2v) is 14.5. The average Bonchev–Trinajstić information content (AvgIpc) is 3.52. The first-order valence-electron chi connectivity index (χ1n) is 16.8. The van der Waals surface area contributed by atoms with Gasteiger partial charge in [-0.25, -0.2) is 14.6 Å². The summed E-state index contributed by atoms with van der Waals surface area (Å²) in [6.45, 7) is 12.4. The molecule has 1 N–H and O–H groups in total. The Morgan fingerprint density at radius 2 is 1.55 bits per heavy atom. The molecule has 1 atom stereocenters. The van der Waals surface area contributed by atoms with E-state index in [0.717, 1.165) is 29.0 Å². The molecule has 1 fully saturated rings. The Morgan fingerprint density at radius 1 is 0.943 bits per heavy atom. The fraction of sp³-hybridized carbons (Fsp3) is 0.421. The van der Waals surface area contributed by atoms with Gasteiger partial charge in [-0.1, -0.05) is 36.3 Å². The van der Waals surface area contributed by atoms with E-state index in [1.54, 1.807) is 64.7 Å². The summed E-state index contributed by atoms with van der Waals surface area (Å²) in [4.78, 5) is 72.5. The van der Waals surface area contributed by atoms with E-state index in [-0.39, 0.29) is 17.3 Å². The highest BCUT2D eigenvalue weighted by Crippen LogP contribution is 2.33. The monoisotopic (exact) mass is 737 g/mol. The summed E-state index contributed by atoms with van der Waals surface area (Å²) in [7, 11) is 0. The van der Waals surface area contributed by atoms with Crippen LogP contribution in [0.2, 0.25) is 0 Å². The molecule has 0 radical (unpaired) electrons. The first kappa shape index (κ1) is 40.1. The van der Waals surface area contributed by atoms with Gasteiger partial charge in [-0.05, 0) is 103 Å². The summed E-state index contributed by atoms with van der Waals surface area (Å²) in [6.07, 6.45) is -6.20. The summed E-state index contributed by atoms with van der Waals surface area (Å²) in [5.74, 6) is 2.12. The molecule has 1 aliphatic heterocycles. The van der Waals surface area contributed by atoms with Gasteiger partial charge in [-0.15, -0.1) is 0 Å². The Bertz CT molecular complexity index is 1990. The van der Waals surface area contributed by atoms with Crippen LogP contribution in [0.5, 0.6) is 0 Å². The summed E-state index contributed by atoms with van der Waals surface area (Å²) in [6, 6.07) is 13.2. The molecule has 282 valence electrons. The normalized spacial score (nSPS) is 14.5. The van der Waals surface area contributed by atoms with Crippen molar-refractivity contribution in [1.82, 2.24) is 14.5 Å². The van der Waals surface area contributed by atoms with Crippen molar-refractivity contribution in [2.45, 2.75) is 98.2 Å². The third kappa shape index (κ3) is 10.2. The van der Waals surface area contributed by atoms with Gasteiger partial charge >= 0.3 is 24.3 Å². The lowest BCUT2D eigenvalue weighted by molar-refractivity contribution is -0.167. The van der Waals surface area contributed by atoms with E-state index in [4.69, 9.17) is 9.47 Å². The van der Waals surface area contributed by atoms with Gasteiger partial charge in [0, 0.05) is 12.6 Å². The molecule has 0 saturated carbocycles. The van der Waals surface area contributed by atoms with Crippen LogP contribution in [0.1, 0.15) is 93.3 Å². The summed E-state index contributed by atoms with van der Waals surface area (Å²) < 4.78 is 52.1. The molecule has 4 rings (SSSR count). The predicted octanol–water partition coefficient (Wildman–Crippen LogP) is 7.07. The Balaban J connectivity index is 1.81. The van der Waals surface area contributed by atoms with Crippen molar-refractivity contribution in [3.8, 4) is 11.8 Å². The molecule has 3 aromatic rings. The minimum Gasteiger partial charge on any atom is -0.443 e. The maximum absolute atomic E-state index is 14.0. The molecule has 1 unspecified atom stereocenters. The number of hydrogen-bond acceptors (Lipinski definition) is 8. The van der Waals surface area contributed by atoms with Crippen molar-refractivity contribution in [3.63, 3.8) is 0 Å². The highest BCUT2D eigenvalue weighted by Gasteiger charge is 2.40. The lowest BCUT2D eigenvalue weighted by atomic mass is 10.0. The maximum atomic E-state index is 14.0. The van der Waals surface area contributed by atoms with E-state index >= 15 is 0 Å². The lowest BCUT2D eigenvalue weighted by Crippen LogP contribution is -2.44. The number of halogens is 3. The van der Waals surface area contributed by atoms with E-state index < -0.39 is 70.7 Å². The van der Waals surface area contributed by atoms with Gasteiger partial charge in [0.1, 0.15) is 22.6 Å². The number of pyridine rings is 2. The van der Waals surface area contributed by atoms with Crippen molar-refractivity contribution >= 4 is 35.5 Å². The number of ether oxygens (including phenoxy) is 2. The SMILES string of the molecule is Cc1cc(C(=O)N2CCCC2c2ccccc2)n(CC#Cc2nc(N(C(=O)OC(C)(C)C)C(=O)OC(C)(C)C)c(C)cc2NC(=O)C(F)(F)F)c(=O)c1. The Morgan fingerprint density at radius 3 is 2.11 bits per heavy atom. The number of anilines is 2. The molecule has 4 amide bonds. The number of alkyl halides is 3. The third-order valence-electron chi connectivity index (χ3n) is 7.69. The molecular weight excluding hydrogens is 695 g/mol. The molecule has 1 saturated heterocycles. The number of nitrogens with zero attached hydrogens (tertiary/aromatic N) is 4. The lowest BCUT2D eigenvalue weighted by Gasteiger charge is -2.29. The van der Waals surface area contributed by atoms with Gasteiger partial charge in [0.25, 0.3) is 11.5 Å². The topological polar surface area (TPSA) is 140 Å². The van der Waals surface area contributed by atoms with Crippen molar-refractivity contribution in [2.24, 2.45) is 0 Å². The molecule has 15 heteroatoms. The molecule has 1 aliphatic rings. The van der Waals surface area contributed by atoms with E-state index in [1.165, 1.54) is 13.0 Å². The summed E-state index contributed by atoms with van der Waals surface area (Å²) >= 11 is 0. The number of benzene rings is 1. The summed E-state index contributed by atoms with van der Waals surface area (Å²) in [5.41, 5.74) is -2.20. The zero-order valence-electron chi connectivity index (χ0n) is 30.8. The van der Waals surface area contributed by atoms with Gasteiger partial charge in [0.2, 0.25) is 0 Å². The molecule has 2 aromatic heterocycles. The van der Waals surface area contributed by atoms with Crippen LogP contribution in [0.25, 0.3) is 0 Å². The number of carbonyl (C=O) groups excluding carboxylic acids is 4. The zero-order valence-corrected chi connectivity index (χ0v) is 30.8. The minimum atomic E-state index is -5.28. The average molecular weight is 738 g/mol. The zero-order chi connectivity index (χ0) is 39.5. The number of aryl methyl sites for hydroxylation is 2. The predicted molar refractivity (Wildman–Crippen MR) is 190 cm³/mol. The third-order valence-corrected chi connectivity index (χ3v) is 7.69. The maximum Gasteiger partial charge on any atom is 0.471 e. The van der Waals surface area contributed by atoms with Crippen LogP contribution in [0.15, 0.2) is 53.3 Å². The van der Waals surface area contributed by atoms with Gasteiger partial charge in [-0.2, -0.15) is 18.1 Å². The van der Waals surface area contributed by atoms with Gasteiger partial charge < -0.3 is 19.7 Å². The molecule has 1 aromatic carbocycles. The van der Waals surface area contributed by atoms with Crippen molar-refractivity contribution in [2.75, 3.05) is 16.8 Å². The van der Waals surface area contributed by atoms with Crippen molar-refractivity contribution < 1.29 is 41.8 Å². The van der Waals surface area contributed by atoms with Gasteiger partial charge in [-0.3, -0.25) is 19.0 Å².